The predicted octanol–water partition coefficient (Wildman–Crippen LogP) is 1.38. The molecular weight excluding hydrogens is 198 g/mol. The van der Waals surface area contributed by atoms with Gasteiger partial charge in [-0.15, -0.1) is 0 Å². The molecule has 0 radical (unpaired) electrons. The number of amides is 1. The van der Waals surface area contributed by atoms with Gasteiger partial charge in [-0.3, -0.25) is 4.79 Å². The van der Waals surface area contributed by atoms with Crippen LogP contribution >= 0.6 is 0 Å². The van der Waals surface area contributed by atoms with Gasteiger partial charge in [-0.05, 0) is 25.7 Å². The standard InChI is InChI=1S/C10H15NO4/c12-8(13)10-4-1-3-7(10)11(9(14)15)6-2-5-10/h7H,1-6H2,(H,12,13)(H,14,15)/t7-,10+/m1/s1. The van der Waals surface area contributed by atoms with Crippen LogP contribution in [-0.4, -0.2) is 39.8 Å². The Kier molecular flexibility index (Phi) is 2.32. The fraction of sp³-hybridized carbons (Fsp3) is 0.800. The molecule has 2 atom stereocenters. The molecule has 15 heavy (non-hydrogen) atoms. The molecule has 2 rings (SSSR count). The van der Waals surface area contributed by atoms with E-state index in [1.807, 2.05) is 0 Å². The number of fused-ring (bicyclic) bond motifs is 1. The second kappa shape index (κ2) is 3.40. The molecule has 1 aliphatic carbocycles. The van der Waals surface area contributed by atoms with Crippen molar-refractivity contribution in [2.45, 2.75) is 38.1 Å². The molecule has 2 aliphatic rings. The molecule has 0 aromatic carbocycles. The van der Waals surface area contributed by atoms with Gasteiger partial charge in [0.25, 0.3) is 0 Å². The fourth-order valence-corrected chi connectivity index (χ4v) is 3.11. The third kappa shape index (κ3) is 1.37. The van der Waals surface area contributed by atoms with E-state index >= 15 is 0 Å². The highest BCUT2D eigenvalue weighted by Crippen LogP contribution is 2.47. The van der Waals surface area contributed by atoms with Crippen LogP contribution in [0.15, 0.2) is 0 Å². The highest BCUT2D eigenvalue weighted by atomic mass is 16.4. The molecule has 2 fully saturated rings. The zero-order valence-electron chi connectivity index (χ0n) is 8.48. The number of carboxylic acids is 1. The van der Waals surface area contributed by atoms with Crippen LogP contribution in [0.4, 0.5) is 4.79 Å². The van der Waals surface area contributed by atoms with Crippen molar-refractivity contribution in [3.8, 4) is 0 Å². The van der Waals surface area contributed by atoms with Gasteiger partial charge in [-0.1, -0.05) is 6.42 Å². The Labute approximate surface area is 87.7 Å². The van der Waals surface area contributed by atoms with E-state index in [9.17, 15) is 14.7 Å². The minimum atomic E-state index is -0.979. The van der Waals surface area contributed by atoms with Crippen molar-refractivity contribution in [1.82, 2.24) is 4.90 Å². The number of carbonyl (C=O) groups is 2. The maximum Gasteiger partial charge on any atom is 0.407 e. The monoisotopic (exact) mass is 213 g/mol. The van der Waals surface area contributed by atoms with E-state index in [4.69, 9.17) is 5.11 Å². The number of aliphatic carboxylic acids is 1. The minimum Gasteiger partial charge on any atom is -0.481 e. The smallest absolute Gasteiger partial charge is 0.407 e. The maximum atomic E-state index is 11.3. The Morgan fingerprint density at radius 1 is 1.20 bits per heavy atom. The summed E-state index contributed by atoms with van der Waals surface area (Å²) in [5.41, 5.74) is -0.795. The maximum absolute atomic E-state index is 11.3. The first-order chi connectivity index (χ1) is 7.08. The van der Waals surface area contributed by atoms with Gasteiger partial charge in [0.15, 0.2) is 0 Å². The van der Waals surface area contributed by atoms with Crippen molar-refractivity contribution in [3.05, 3.63) is 0 Å². The Balaban J connectivity index is 2.30. The van der Waals surface area contributed by atoms with Crippen LogP contribution in [0.1, 0.15) is 32.1 Å². The van der Waals surface area contributed by atoms with Crippen LogP contribution in [0.3, 0.4) is 0 Å². The highest BCUT2D eigenvalue weighted by molar-refractivity contribution is 5.78. The molecule has 5 nitrogen and oxygen atoms in total. The van der Waals surface area contributed by atoms with Gasteiger partial charge < -0.3 is 15.1 Å². The first kappa shape index (κ1) is 10.3. The zero-order chi connectivity index (χ0) is 11.1. The molecule has 0 unspecified atom stereocenters. The molecule has 0 aromatic heterocycles. The van der Waals surface area contributed by atoms with Crippen molar-refractivity contribution >= 4 is 12.1 Å². The third-order valence-corrected chi connectivity index (χ3v) is 3.81. The molecular formula is C10H15NO4. The lowest BCUT2D eigenvalue weighted by Crippen LogP contribution is -2.54. The molecule has 5 heteroatoms. The van der Waals surface area contributed by atoms with Crippen LogP contribution < -0.4 is 0 Å². The number of carboxylic acid groups (broad SMARTS) is 2. The molecule has 1 saturated carbocycles. The van der Waals surface area contributed by atoms with E-state index < -0.39 is 17.5 Å². The summed E-state index contributed by atoms with van der Waals surface area (Å²) in [6.07, 6.45) is 2.44. The number of nitrogens with zero attached hydrogens (tertiary/aromatic N) is 1. The normalized spacial score (nSPS) is 34.9. The van der Waals surface area contributed by atoms with Crippen LogP contribution in [0.5, 0.6) is 0 Å². The second-order valence-corrected chi connectivity index (χ2v) is 4.45. The number of hydrogen-bond donors (Lipinski definition) is 2. The van der Waals surface area contributed by atoms with E-state index in [-0.39, 0.29) is 6.04 Å². The average Bonchev–Trinajstić information content (AvgIpc) is 2.61. The van der Waals surface area contributed by atoms with Gasteiger partial charge in [0, 0.05) is 6.54 Å². The Morgan fingerprint density at radius 3 is 2.47 bits per heavy atom. The predicted molar refractivity (Wildman–Crippen MR) is 51.7 cm³/mol. The summed E-state index contributed by atoms with van der Waals surface area (Å²) in [5.74, 6) is -0.823. The summed E-state index contributed by atoms with van der Waals surface area (Å²) < 4.78 is 0. The Hall–Kier alpha value is -1.26. The second-order valence-electron chi connectivity index (χ2n) is 4.45. The summed E-state index contributed by atoms with van der Waals surface area (Å²) in [4.78, 5) is 23.6. The van der Waals surface area contributed by atoms with Crippen molar-refractivity contribution in [1.29, 1.82) is 0 Å². The summed E-state index contributed by atoms with van der Waals surface area (Å²) in [6.45, 7) is 0.481. The minimum absolute atomic E-state index is 0.304. The van der Waals surface area contributed by atoms with Crippen molar-refractivity contribution < 1.29 is 19.8 Å². The highest BCUT2D eigenvalue weighted by Gasteiger charge is 2.54. The number of likely N-dealkylation sites (tertiary alicyclic amines) is 1. The summed E-state index contributed by atoms with van der Waals surface area (Å²) in [6, 6.07) is -0.304. The van der Waals surface area contributed by atoms with Crippen molar-refractivity contribution in [2.24, 2.45) is 5.41 Å². The Bertz CT molecular complexity index is 304. The molecule has 1 heterocycles. The number of piperidine rings is 1. The zero-order valence-corrected chi connectivity index (χ0v) is 8.48. The van der Waals surface area contributed by atoms with Gasteiger partial charge in [0.05, 0.1) is 11.5 Å². The Morgan fingerprint density at radius 2 is 1.87 bits per heavy atom. The third-order valence-electron chi connectivity index (χ3n) is 3.81. The fourth-order valence-electron chi connectivity index (χ4n) is 3.11. The van der Waals surface area contributed by atoms with Crippen molar-refractivity contribution in [3.63, 3.8) is 0 Å². The first-order valence-electron chi connectivity index (χ1n) is 5.31. The SMILES string of the molecule is O=C(O)N1CCC[C@@]2(C(=O)O)CCC[C@@H]12. The number of hydrogen-bond acceptors (Lipinski definition) is 2. The molecule has 2 N–H and O–H groups in total. The van der Waals surface area contributed by atoms with Crippen LogP contribution in [0.25, 0.3) is 0 Å². The molecule has 84 valence electrons. The van der Waals surface area contributed by atoms with Crippen LogP contribution in [0, 0.1) is 5.41 Å². The molecule has 0 aromatic rings. The lowest BCUT2D eigenvalue weighted by Gasteiger charge is -2.42. The van der Waals surface area contributed by atoms with Crippen molar-refractivity contribution in [2.75, 3.05) is 6.54 Å². The van der Waals surface area contributed by atoms with E-state index in [2.05, 4.69) is 0 Å². The largest absolute Gasteiger partial charge is 0.481 e. The van der Waals surface area contributed by atoms with Gasteiger partial charge in [0.2, 0.25) is 0 Å². The van der Waals surface area contributed by atoms with Gasteiger partial charge in [0.1, 0.15) is 0 Å². The molecule has 1 amide bonds. The van der Waals surface area contributed by atoms with Crippen LogP contribution in [0.2, 0.25) is 0 Å². The van der Waals surface area contributed by atoms with E-state index in [0.717, 1.165) is 6.42 Å². The lowest BCUT2D eigenvalue weighted by molar-refractivity contribution is -0.154. The molecule has 1 saturated heterocycles. The van der Waals surface area contributed by atoms with E-state index in [1.54, 1.807) is 0 Å². The molecule has 0 spiro atoms. The first-order valence-corrected chi connectivity index (χ1v) is 5.31. The quantitative estimate of drug-likeness (QED) is 0.689. The molecule has 1 aliphatic heterocycles. The van der Waals surface area contributed by atoms with Gasteiger partial charge in [-0.25, -0.2) is 4.79 Å². The average molecular weight is 213 g/mol. The lowest BCUT2D eigenvalue weighted by atomic mass is 9.75. The van der Waals surface area contributed by atoms with E-state index in [0.29, 0.717) is 32.2 Å². The summed E-state index contributed by atoms with van der Waals surface area (Å²) in [7, 11) is 0. The molecule has 0 bridgehead atoms. The van der Waals surface area contributed by atoms with Gasteiger partial charge >= 0.3 is 12.1 Å². The topological polar surface area (TPSA) is 77.8 Å². The summed E-state index contributed by atoms with van der Waals surface area (Å²) >= 11 is 0. The van der Waals surface area contributed by atoms with E-state index in [1.165, 1.54) is 4.90 Å². The summed E-state index contributed by atoms with van der Waals surface area (Å²) in [5, 5.41) is 18.3. The van der Waals surface area contributed by atoms with Crippen LogP contribution in [-0.2, 0) is 4.79 Å². The van der Waals surface area contributed by atoms with Gasteiger partial charge in [-0.2, -0.15) is 0 Å². The number of rotatable bonds is 1.